The molecule has 0 fully saturated rings. The molecule has 2 aromatic heterocycles. The van der Waals surface area contributed by atoms with E-state index in [1.807, 2.05) is 19.1 Å². The van der Waals surface area contributed by atoms with Crippen LogP contribution in [-0.4, -0.2) is 40.3 Å². The Bertz CT molecular complexity index is 1180. The van der Waals surface area contributed by atoms with Crippen molar-refractivity contribution < 1.29 is 14.0 Å². The highest BCUT2D eigenvalue weighted by Crippen LogP contribution is 2.33. The van der Waals surface area contributed by atoms with Crippen LogP contribution in [0.4, 0.5) is 4.39 Å². The molecule has 0 saturated heterocycles. The Kier molecular flexibility index (Phi) is 6.19. The Labute approximate surface area is 190 Å². The van der Waals surface area contributed by atoms with Gasteiger partial charge in [-0.1, -0.05) is 23.7 Å². The number of hydrogen-bond donors (Lipinski definition) is 1. The maximum absolute atomic E-state index is 14.5. The maximum Gasteiger partial charge on any atom is 0.253 e. The highest BCUT2D eigenvalue weighted by molar-refractivity contribution is 6.33. The van der Waals surface area contributed by atoms with Gasteiger partial charge in [-0.2, -0.15) is 0 Å². The lowest BCUT2D eigenvalue weighted by Gasteiger charge is -2.14. The van der Waals surface area contributed by atoms with Crippen molar-refractivity contribution in [2.45, 2.75) is 26.3 Å². The third kappa shape index (κ3) is 4.34. The highest BCUT2D eigenvalue weighted by Gasteiger charge is 2.26. The van der Waals surface area contributed by atoms with Gasteiger partial charge in [0.05, 0.1) is 40.5 Å². The summed E-state index contributed by atoms with van der Waals surface area (Å²) in [6.07, 6.45) is 2.31. The Balaban J connectivity index is 1.66. The summed E-state index contributed by atoms with van der Waals surface area (Å²) in [5, 5.41) is 3.03. The molecule has 8 heteroatoms. The Hall–Kier alpha value is -3.32. The van der Waals surface area contributed by atoms with Gasteiger partial charge in [-0.25, -0.2) is 9.37 Å². The third-order valence-corrected chi connectivity index (χ3v) is 5.87. The van der Waals surface area contributed by atoms with Gasteiger partial charge in [0.2, 0.25) is 5.91 Å². The summed E-state index contributed by atoms with van der Waals surface area (Å²) in [7, 11) is 1.76. The van der Waals surface area contributed by atoms with E-state index in [9.17, 15) is 14.0 Å². The number of hydrogen-bond acceptors (Lipinski definition) is 4. The molecule has 0 radical (unpaired) electrons. The molecule has 4 rings (SSSR count). The van der Waals surface area contributed by atoms with E-state index >= 15 is 0 Å². The molecule has 3 heterocycles. The van der Waals surface area contributed by atoms with Gasteiger partial charge in [0, 0.05) is 31.9 Å². The smallest absolute Gasteiger partial charge is 0.253 e. The van der Waals surface area contributed by atoms with Crippen molar-refractivity contribution >= 4 is 23.4 Å². The number of carbonyl (C=O) groups excluding carboxylic acids is 2. The molecular weight excluding hydrogens is 431 g/mol. The molecule has 1 aromatic carbocycles. The standard InChI is InChI=1S/C24H22ClFN4O2/c1-3-30(2)21(31)9-14-7-8-16(27-12-14)10-15-11-19(23-17(25)5-4-6-18(23)26)29-20-13-28-24(32)22(15)20/h4-8,11-12H,3,9-10,13H2,1-2H3,(H,28,32). The van der Waals surface area contributed by atoms with Crippen LogP contribution in [0.5, 0.6) is 0 Å². The Morgan fingerprint density at radius 3 is 2.75 bits per heavy atom. The normalized spacial score (nSPS) is 12.4. The van der Waals surface area contributed by atoms with Crippen molar-refractivity contribution in [3.8, 4) is 11.3 Å². The molecular formula is C24H22ClFN4O2. The average Bonchev–Trinajstić information content (AvgIpc) is 3.15. The lowest BCUT2D eigenvalue weighted by atomic mass is 9.98. The number of amides is 2. The topological polar surface area (TPSA) is 75.2 Å². The fraction of sp³-hybridized carbons (Fsp3) is 0.250. The minimum absolute atomic E-state index is 0.0251. The number of rotatable bonds is 6. The molecule has 1 aliphatic heterocycles. The van der Waals surface area contributed by atoms with Gasteiger partial charge < -0.3 is 10.2 Å². The minimum atomic E-state index is -0.475. The van der Waals surface area contributed by atoms with Crippen LogP contribution in [0.1, 0.15) is 39.8 Å². The number of nitrogens with zero attached hydrogens (tertiary/aromatic N) is 3. The summed E-state index contributed by atoms with van der Waals surface area (Å²) >= 11 is 6.24. The van der Waals surface area contributed by atoms with Crippen molar-refractivity contribution in [3.63, 3.8) is 0 Å². The molecule has 164 valence electrons. The van der Waals surface area contributed by atoms with Crippen LogP contribution in [0.2, 0.25) is 5.02 Å². The van der Waals surface area contributed by atoms with Crippen LogP contribution < -0.4 is 5.32 Å². The monoisotopic (exact) mass is 452 g/mol. The molecule has 0 atom stereocenters. The van der Waals surface area contributed by atoms with Gasteiger partial charge in [0.1, 0.15) is 5.82 Å². The summed E-state index contributed by atoms with van der Waals surface area (Å²) < 4.78 is 14.5. The zero-order chi connectivity index (χ0) is 22.8. The number of carbonyl (C=O) groups is 2. The van der Waals surface area contributed by atoms with Crippen LogP contribution in [0.3, 0.4) is 0 Å². The predicted molar refractivity (Wildman–Crippen MR) is 120 cm³/mol. The fourth-order valence-electron chi connectivity index (χ4n) is 3.67. The molecule has 0 bridgehead atoms. The third-order valence-electron chi connectivity index (χ3n) is 5.55. The first-order valence-electron chi connectivity index (χ1n) is 10.3. The second-order valence-electron chi connectivity index (χ2n) is 7.69. The lowest BCUT2D eigenvalue weighted by Crippen LogP contribution is -2.27. The molecule has 2 amide bonds. The summed E-state index contributed by atoms with van der Waals surface area (Å²) in [6, 6.07) is 9.87. The zero-order valence-electron chi connectivity index (χ0n) is 17.8. The second-order valence-corrected chi connectivity index (χ2v) is 8.09. The highest BCUT2D eigenvalue weighted by atomic mass is 35.5. The first-order valence-corrected chi connectivity index (χ1v) is 10.7. The van der Waals surface area contributed by atoms with Crippen molar-refractivity contribution in [1.82, 2.24) is 20.2 Å². The van der Waals surface area contributed by atoms with Gasteiger partial charge in [-0.05, 0) is 42.3 Å². The van der Waals surface area contributed by atoms with Crippen molar-refractivity contribution in [2.24, 2.45) is 0 Å². The van der Waals surface area contributed by atoms with Gasteiger partial charge in [-0.3, -0.25) is 14.6 Å². The number of likely N-dealkylation sites (N-methyl/N-ethyl adjacent to an activating group) is 1. The van der Waals surface area contributed by atoms with Crippen LogP contribution in [0, 0.1) is 5.82 Å². The van der Waals surface area contributed by atoms with Crippen molar-refractivity contribution in [2.75, 3.05) is 13.6 Å². The first-order chi connectivity index (χ1) is 15.4. The second kappa shape index (κ2) is 9.04. The number of fused-ring (bicyclic) bond motifs is 1. The molecule has 6 nitrogen and oxygen atoms in total. The molecule has 0 unspecified atom stereocenters. The summed E-state index contributed by atoms with van der Waals surface area (Å²) in [6.45, 7) is 2.85. The summed E-state index contributed by atoms with van der Waals surface area (Å²) in [4.78, 5) is 35.2. The number of pyridine rings is 2. The van der Waals surface area contributed by atoms with E-state index in [-0.39, 0.29) is 35.4 Å². The van der Waals surface area contributed by atoms with Gasteiger partial charge >= 0.3 is 0 Å². The lowest BCUT2D eigenvalue weighted by molar-refractivity contribution is -0.128. The summed E-state index contributed by atoms with van der Waals surface area (Å²) in [5.74, 6) is -0.659. The predicted octanol–water partition coefficient (Wildman–Crippen LogP) is 3.79. The fourth-order valence-corrected chi connectivity index (χ4v) is 3.93. The van der Waals surface area contributed by atoms with E-state index in [2.05, 4.69) is 15.3 Å². The van der Waals surface area contributed by atoms with E-state index in [0.29, 0.717) is 35.5 Å². The van der Waals surface area contributed by atoms with E-state index in [1.54, 1.807) is 30.3 Å². The Morgan fingerprint density at radius 1 is 1.25 bits per heavy atom. The van der Waals surface area contributed by atoms with Crippen molar-refractivity contribution in [1.29, 1.82) is 0 Å². The van der Waals surface area contributed by atoms with Crippen LogP contribution >= 0.6 is 11.6 Å². The average molecular weight is 453 g/mol. The number of benzene rings is 1. The molecule has 1 N–H and O–H groups in total. The number of nitrogens with one attached hydrogen (secondary N) is 1. The first kappa shape index (κ1) is 21.9. The molecule has 0 aliphatic carbocycles. The van der Waals surface area contributed by atoms with Gasteiger partial charge in [-0.15, -0.1) is 0 Å². The zero-order valence-corrected chi connectivity index (χ0v) is 18.5. The van der Waals surface area contributed by atoms with Crippen LogP contribution in [-0.2, 0) is 24.2 Å². The maximum atomic E-state index is 14.5. The summed E-state index contributed by atoms with van der Waals surface area (Å²) in [5.41, 5.74) is 3.88. The van der Waals surface area contributed by atoms with Crippen molar-refractivity contribution in [3.05, 3.63) is 81.5 Å². The molecule has 3 aromatic rings. The number of aromatic nitrogens is 2. The van der Waals surface area contributed by atoms with E-state index < -0.39 is 5.82 Å². The molecule has 1 aliphatic rings. The molecule has 32 heavy (non-hydrogen) atoms. The SMILES string of the molecule is CCN(C)C(=O)Cc1ccc(Cc2cc(-c3c(F)cccc3Cl)nc3c2C(=O)NC3)nc1. The van der Waals surface area contributed by atoms with Gasteiger partial charge in [0.15, 0.2) is 0 Å². The van der Waals surface area contributed by atoms with E-state index in [0.717, 1.165) is 11.3 Å². The van der Waals surface area contributed by atoms with Crippen LogP contribution in [0.15, 0.2) is 42.6 Å². The van der Waals surface area contributed by atoms with E-state index in [4.69, 9.17) is 11.6 Å². The van der Waals surface area contributed by atoms with Gasteiger partial charge in [0.25, 0.3) is 5.91 Å². The largest absolute Gasteiger partial charge is 0.346 e. The molecule has 0 spiro atoms. The number of halogens is 2. The Morgan fingerprint density at radius 2 is 2.06 bits per heavy atom. The molecule has 0 saturated carbocycles. The quantitative estimate of drug-likeness (QED) is 0.617. The van der Waals surface area contributed by atoms with Crippen LogP contribution in [0.25, 0.3) is 11.3 Å². The minimum Gasteiger partial charge on any atom is -0.346 e. The van der Waals surface area contributed by atoms with E-state index in [1.165, 1.54) is 12.1 Å².